The molecule has 0 N–H and O–H groups in total. The second-order valence-corrected chi connectivity index (χ2v) is 6.71. The molecule has 8 nitrogen and oxygen atoms in total. The first-order valence-corrected chi connectivity index (χ1v) is 9.42. The van der Waals surface area contributed by atoms with E-state index >= 15 is 0 Å². The zero-order valence-corrected chi connectivity index (χ0v) is 19.7. The fraction of sp³-hybridized carbons (Fsp3) is 0.625. The van der Waals surface area contributed by atoms with E-state index in [1.807, 2.05) is 0 Å². The molecule has 0 aliphatic carbocycles. The Morgan fingerprint density at radius 1 is 0.962 bits per heavy atom. The van der Waals surface area contributed by atoms with Gasteiger partial charge in [0, 0.05) is 12.2 Å². The number of carbonyl (C=O) groups excluding carboxylic acids is 2. The zero-order valence-electron chi connectivity index (χ0n) is 15.7. The Hall–Kier alpha value is 0.166. The van der Waals surface area contributed by atoms with E-state index < -0.39 is 19.8 Å². The molecule has 2 atom stereocenters. The molecule has 0 spiro atoms. The minimum atomic E-state index is -4.38. The molecule has 2 unspecified atom stereocenters. The first kappa shape index (κ1) is 28.4. The van der Waals surface area contributed by atoms with Crippen LogP contribution >= 0.6 is 7.82 Å². The van der Waals surface area contributed by atoms with Crippen LogP contribution in [0.3, 0.4) is 0 Å². The number of hydrogen-bond acceptors (Lipinski definition) is 8. The van der Waals surface area contributed by atoms with Gasteiger partial charge in [0.2, 0.25) is 0 Å². The van der Waals surface area contributed by atoms with Crippen molar-refractivity contribution < 1.29 is 89.0 Å². The molecule has 0 aliphatic heterocycles. The zero-order chi connectivity index (χ0) is 19.3. The molecule has 0 amide bonds. The fourth-order valence-electron chi connectivity index (χ4n) is 1.74. The molecule has 0 aromatic carbocycles. The van der Waals surface area contributed by atoms with Gasteiger partial charge in [0.25, 0.3) is 7.82 Å². The molecule has 0 bridgehead atoms. The van der Waals surface area contributed by atoms with Gasteiger partial charge in [0.15, 0.2) is 0 Å². The van der Waals surface area contributed by atoms with Crippen LogP contribution in [-0.2, 0) is 32.7 Å². The number of ether oxygens (including phenoxy) is 2. The second kappa shape index (κ2) is 16.2. The molecule has 144 valence electrons. The predicted octanol–water partition coefficient (Wildman–Crippen LogP) is -0.712. The number of phosphoric ester groups is 1. The van der Waals surface area contributed by atoms with Crippen LogP contribution in [0.4, 0.5) is 0 Å². The van der Waals surface area contributed by atoms with E-state index in [1.54, 1.807) is 13.8 Å². The van der Waals surface area contributed by atoms with Gasteiger partial charge in [-0.3, -0.25) is 4.57 Å². The standard InChI is InChI=1S/C16H27O8P.K/c1-5-15(17)23-13(3)9-7-11-21-25(19,20)22-12-8-10-14(4)24-16(18)6-2;/h5-6,13-14H,1-2,7-12H2,3-4H3,(H,19,20);/q;+1/p-1. The third kappa shape index (κ3) is 16.3. The first-order valence-electron chi connectivity index (χ1n) is 7.96. The van der Waals surface area contributed by atoms with Crippen LogP contribution in [0.5, 0.6) is 0 Å². The van der Waals surface area contributed by atoms with E-state index in [4.69, 9.17) is 18.5 Å². The average Bonchev–Trinajstić information content (AvgIpc) is 2.55. The van der Waals surface area contributed by atoms with Gasteiger partial charge in [-0.2, -0.15) is 0 Å². The fourth-order valence-corrected chi connectivity index (χ4v) is 2.52. The van der Waals surface area contributed by atoms with Crippen molar-refractivity contribution in [2.45, 2.75) is 51.7 Å². The van der Waals surface area contributed by atoms with Crippen LogP contribution in [0.1, 0.15) is 39.5 Å². The van der Waals surface area contributed by atoms with Gasteiger partial charge >= 0.3 is 63.3 Å². The molecule has 26 heavy (non-hydrogen) atoms. The Morgan fingerprint density at radius 2 is 1.31 bits per heavy atom. The van der Waals surface area contributed by atoms with Gasteiger partial charge in [-0.25, -0.2) is 9.59 Å². The monoisotopic (exact) mass is 416 g/mol. The van der Waals surface area contributed by atoms with Gasteiger partial charge in [-0.05, 0) is 39.5 Å². The minimum Gasteiger partial charge on any atom is -0.756 e. The first-order chi connectivity index (χ1) is 11.7. The maximum Gasteiger partial charge on any atom is 1.00 e. The van der Waals surface area contributed by atoms with Crippen molar-refractivity contribution in [3.8, 4) is 0 Å². The molecule has 0 saturated carbocycles. The summed E-state index contributed by atoms with van der Waals surface area (Å²) in [6.45, 7) is 9.82. The summed E-state index contributed by atoms with van der Waals surface area (Å²) in [7, 11) is -4.38. The topological polar surface area (TPSA) is 111 Å². The van der Waals surface area contributed by atoms with Crippen LogP contribution in [0, 0.1) is 0 Å². The van der Waals surface area contributed by atoms with E-state index in [0.29, 0.717) is 25.7 Å². The van der Waals surface area contributed by atoms with Gasteiger partial charge in [-0.15, -0.1) is 0 Å². The molecule has 0 aromatic rings. The van der Waals surface area contributed by atoms with E-state index in [-0.39, 0.29) is 76.8 Å². The normalized spacial score (nSPS) is 14.9. The average molecular weight is 416 g/mol. The maximum absolute atomic E-state index is 11.6. The van der Waals surface area contributed by atoms with Crippen LogP contribution in [0.2, 0.25) is 0 Å². The third-order valence-electron chi connectivity index (χ3n) is 2.98. The molecule has 0 fully saturated rings. The second-order valence-electron chi connectivity index (χ2n) is 5.30. The Bertz CT molecular complexity index is 457. The van der Waals surface area contributed by atoms with Gasteiger partial charge in [0.1, 0.15) is 0 Å². The Labute approximate surface area is 197 Å². The van der Waals surface area contributed by atoms with Crippen LogP contribution in [0.25, 0.3) is 0 Å². The molecule has 0 aliphatic rings. The van der Waals surface area contributed by atoms with Crippen molar-refractivity contribution in [3.05, 3.63) is 25.3 Å². The van der Waals surface area contributed by atoms with E-state index in [2.05, 4.69) is 13.2 Å². The van der Waals surface area contributed by atoms with Crippen molar-refractivity contribution in [2.24, 2.45) is 0 Å². The summed E-state index contributed by atoms with van der Waals surface area (Å²) < 4.78 is 30.9. The number of rotatable bonds is 14. The Morgan fingerprint density at radius 3 is 1.62 bits per heavy atom. The third-order valence-corrected chi connectivity index (χ3v) is 3.97. The minimum absolute atomic E-state index is 0. The summed E-state index contributed by atoms with van der Waals surface area (Å²) in [6.07, 6.45) is 3.07. The molecule has 0 aromatic heterocycles. The SMILES string of the molecule is C=CC(=O)OC(C)CCCOP(=O)([O-])OCCCC(C)OC(=O)C=C.[K+]. The van der Waals surface area contributed by atoms with Crippen molar-refractivity contribution in [1.82, 2.24) is 0 Å². The summed E-state index contributed by atoms with van der Waals surface area (Å²) >= 11 is 0. The van der Waals surface area contributed by atoms with Crippen molar-refractivity contribution >= 4 is 19.8 Å². The van der Waals surface area contributed by atoms with Crippen molar-refractivity contribution in [3.63, 3.8) is 0 Å². The summed E-state index contributed by atoms with van der Waals surface area (Å²) in [5, 5.41) is 0. The molecule has 10 heteroatoms. The summed E-state index contributed by atoms with van der Waals surface area (Å²) in [6, 6.07) is 0. The summed E-state index contributed by atoms with van der Waals surface area (Å²) in [5.74, 6) is -1.06. The number of phosphoric acid groups is 1. The molecule has 0 saturated heterocycles. The molecular formula is C16H26KO8P. The van der Waals surface area contributed by atoms with Gasteiger partial charge in [-0.1, -0.05) is 13.2 Å². The van der Waals surface area contributed by atoms with Crippen LogP contribution in [-0.4, -0.2) is 37.4 Å². The Balaban J connectivity index is 0. The maximum atomic E-state index is 11.6. The van der Waals surface area contributed by atoms with E-state index in [9.17, 15) is 19.0 Å². The van der Waals surface area contributed by atoms with Crippen molar-refractivity contribution in [1.29, 1.82) is 0 Å². The van der Waals surface area contributed by atoms with Gasteiger partial charge in [0.05, 0.1) is 25.4 Å². The number of hydrogen-bond donors (Lipinski definition) is 0. The van der Waals surface area contributed by atoms with Gasteiger partial charge < -0.3 is 23.4 Å². The van der Waals surface area contributed by atoms with E-state index in [1.165, 1.54) is 0 Å². The summed E-state index contributed by atoms with van der Waals surface area (Å²) in [4.78, 5) is 33.5. The predicted molar refractivity (Wildman–Crippen MR) is 89.5 cm³/mol. The number of esters is 2. The van der Waals surface area contributed by atoms with Crippen LogP contribution in [0.15, 0.2) is 25.3 Å². The molecule has 0 radical (unpaired) electrons. The van der Waals surface area contributed by atoms with Crippen LogP contribution < -0.4 is 56.3 Å². The quantitative estimate of drug-likeness (QED) is 0.120. The summed E-state index contributed by atoms with van der Waals surface area (Å²) in [5.41, 5.74) is 0. The van der Waals surface area contributed by atoms with E-state index in [0.717, 1.165) is 12.2 Å². The molecular weight excluding hydrogens is 390 g/mol. The smallest absolute Gasteiger partial charge is 0.756 e. The van der Waals surface area contributed by atoms with Crippen molar-refractivity contribution in [2.75, 3.05) is 13.2 Å². The number of carbonyl (C=O) groups is 2. The largest absolute Gasteiger partial charge is 1.00 e. The molecule has 0 rings (SSSR count). The molecule has 0 heterocycles. The Kier molecular flexibility index (Phi) is 17.6.